The van der Waals surface area contributed by atoms with E-state index in [4.69, 9.17) is 19.9 Å². The number of hydrogen-bond acceptors (Lipinski definition) is 12. The average Bonchev–Trinajstić information content (AvgIpc) is 3.48. The van der Waals surface area contributed by atoms with Gasteiger partial charge in [-0.1, -0.05) is 30.3 Å². The number of aromatic amines is 1. The molecule has 1 saturated heterocycles. The summed E-state index contributed by atoms with van der Waals surface area (Å²) in [6.45, 7) is 3.98. The molecule has 0 bridgehead atoms. The zero-order valence-corrected chi connectivity index (χ0v) is 24.2. The molecule has 42 heavy (non-hydrogen) atoms. The number of anilines is 1. The Labute approximate surface area is 241 Å². The Morgan fingerprint density at radius 1 is 1.31 bits per heavy atom. The predicted octanol–water partition coefficient (Wildman–Crippen LogP) is 0.206. The maximum absolute atomic E-state index is 13.6. The molecule has 16 nitrogen and oxygen atoms in total. The number of carbonyl (C=O) groups is 2. The van der Waals surface area contributed by atoms with Crippen molar-refractivity contribution >= 4 is 39.4 Å². The number of carbonyl (C=O) groups excluding carboxylic acids is 2. The molecule has 0 spiro atoms. The molecule has 0 aliphatic carbocycles. The minimum Gasteiger partial charge on any atom is -0.468 e. The SMILES string of the molecule is COC(=O)[C@H](Cc1ccccc1)NS(=O)(=O)N(C[C@H]1O[C@@H](n2cnc3c(=O)[nH]c(N)nc32)C[C@@H]1O)C(=O)OC(C)(C)C. The van der Waals surface area contributed by atoms with Gasteiger partial charge in [0.25, 0.3) is 5.56 Å². The van der Waals surface area contributed by atoms with Gasteiger partial charge in [0.2, 0.25) is 5.95 Å². The Bertz CT molecular complexity index is 1600. The lowest BCUT2D eigenvalue weighted by Gasteiger charge is -2.30. The van der Waals surface area contributed by atoms with Crippen LogP contribution in [0.15, 0.2) is 41.5 Å². The van der Waals surface area contributed by atoms with Crippen LogP contribution in [0.3, 0.4) is 0 Å². The predicted molar refractivity (Wildman–Crippen MR) is 148 cm³/mol. The Balaban J connectivity index is 1.61. The van der Waals surface area contributed by atoms with Crippen molar-refractivity contribution in [3.8, 4) is 0 Å². The third-order valence-corrected chi connectivity index (χ3v) is 7.72. The average molecular weight is 608 g/mol. The number of benzene rings is 1. The molecule has 0 unspecified atom stereocenters. The first-order valence-electron chi connectivity index (χ1n) is 12.9. The first kappa shape index (κ1) is 30.9. The molecule has 1 aromatic carbocycles. The number of nitrogens with one attached hydrogen (secondary N) is 2. The van der Waals surface area contributed by atoms with Crippen LogP contribution in [0.1, 0.15) is 39.0 Å². The maximum Gasteiger partial charge on any atom is 0.425 e. The second kappa shape index (κ2) is 12.0. The number of rotatable bonds is 9. The number of hydrogen-bond donors (Lipinski definition) is 4. The van der Waals surface area contributed by atoms with Crippen LogP contribution < -0.4 is 16.0 Å². The van der Waals surface area contributed by atoms with Crippen LogP contribution >= 0.6 is 0 Å². The van der Waals surface area contributed by atoms with Crippen molar-refractivity contribution in [2.75, 3.05) is 19.4 Å². The van der Waals surface area contributed by atoms with Gasteiger partial charge in [-0.05, 0) is 32.8 Å². The van der Waals surface area contributed by atoms with E-state index in [0.29, 0.717) is 9.87 Å². The second-order valence-corrected chi connectivity index (χ2v) is 12.2. The molecule has 0 saturated carbocycles. The first-order valence-corrected chi connectivity index (χ1v) is 14.3. The fraction of sp³-hybridized carbons (Fsp3) is 0.480. The van der Waals surface area contributed by atoms with Crippen molar-refractivity contribution in [1.29, 1.82) is 0 Å². The van der Waals surface area contributed by atoms with Crippen molar-refractivity contribution in [2.24, 2.45) is 0 Å². The minimum atomic E-state index is -4.77. The molecule has 4 atom stereocenters. The van der Waals surface area contributed by atoms with E-state index >= 15 is 0 Å². The lowest BCUT2D eigenvalue weighted by Crippen LogP contribution is -2.54. The van der Waals surface area contributed by atoms with E-state index < -0.39 is 64.5 Å². The summed E-state index contributed by atoms with van der Waals surface area (Å²) in [6, 6.07) is 7.24. The molecule has 5 N–H and O–H groups in total. The number of esters is 1. The highest BCUT2D eigenvalue weighted by Crippen LogP contribution is 2.31. The lowest BCUT2D eigenvalue weighted by molar-refractivity contribution is -0.142. The summed E-state index contributed by atoms with van der Waals surface area (Å²) in [5, 5.41) is 10.8. The molecule has 1 fully saturated rings. The van der Waals surface area contributed by atoms with E-state index in [-0.39, 0.29) is 30.0 Å². The van der Waals surface area contributed by atoms with Crippen molar-refractivity contribution in [1.82, 2.24) is 28.5 Å². The zero-order valence-electron chi connectivity index (χ0n) is 23.4. The zero-order chi connectivity index (χ0) is 30.8. The number of fused-ring (bicyclic) bond motifs is 1. The van der Waals surface area contributed by atoms with Crippen molar-refractivity contribution in [3.63, 3.8) is 0 Å². The molecule has 3 aromatic rings. The van der Waals surface area contributed by atoms with Gasteiger partial charge in [-0.25, -0.2) is 9.78 Å². The lowest BCUT2D eigenvalue weighted by atomic mass is 10.1. The number of H-pyrrole nitrogens is 1. The smallest absolute Gasteiger partial charge is 0.425 e. The van der Waals surface area contributed by atoms with Crippen molar-refractivity contribution in [2.45, 2.75) is 63.7 Å². The van der Waals surface area contributed by atoms with Crippen molar-refractivity contribution < 1.29 is 37.3 Å². The van der Waals surface area contributed by atoms with Crippen LogP contribution in [0, 0.1) is 0 Å². The molecule has 1 amide bonds. The number of aromatic nitrogens is 4. The van der Waals surface area contributed by atoms with Crippen LogP contribution in [0.25, 0.3) is 11.2 Å². The van der Waals surface area contributed by atoms with E-state index in [1.807, 2.05) is 0 Å². The van der Waals surface area contributed by atoms with Gasteiger partial charge in [-0.3, -0.25) is 19.1 Å². The summed E-state index contributed by atoms with van der Waals surface area (Å²) < 4.78 is 47.3. The number of amides is 1. The van der Waals surface area contributed by atoms with Crippen LogP contribution in [-0.2, 0) is 35.6 Å². The highest BCUT2D eigenvalue weighted by atomic mass is 32.2. The Morgan fingerprint density at radius 3 is 2.64 bits per heavy atom. The van der Waals surface area contributed by atoms with Gasteiger partial charge < -0.3 is 25.1 Å². The number of aliphatic hydroxyl groups excluding tert-OH is 1. The highest BCUT2D eigenvalue weighted by Gasteiger charge is 2.43. The van der Waals surface area contributed by atoms with Gasteiger partial charge >= 0.3 is 22.3 Å². The molecule has 1 aliphatic heterocycles. The monoisotopic (exact) mass is 607 g/mol. The Kier molecular flexibility index (Phi) is 8.86. The summed E-state index contributed by atoms with van der Waals surface area (Å²) in [7, 11) is -3.66. The highest BCUT2D eigenvalue weighted by molar-refractivity contribution is 7.87. The number of nitrogens with two attached hydrogens (primary N) is 1. The van der Waals surface area contributed by atoms with E-state index in [2.05, 4.69) is 19.7 Å². The minimum absolute atomic E-state index is 0.0137. The molecule has 2 aromatic heterocycles. The van der Waals surface area contributed by atoms with E-state index in [9.17, 15) is 27.9 Å². The van der Waals surface area contributed by atoms with E-state index in [1.54, 1.807) is 51.1 Å². The van der Waals surface area contributed by atoms with Crippen LogP contribution in [0.5, 0.6) is 0 Å². The Hall–Kier alpha value is -4.06. The summed E-state index contributed by atoms with van der Waals surface area (Å²) in [5.74, 6) is -1.04. The summed E-state index contributed by atoms with van der Waals surface area (Å²) in [6.07, 6.45) is -3.52. The topological polar surface area (TPSA) is 221 Å². The molecule has 228 valence electrons. The van der Waals surface area contributed by atoms with Gasteiger partial charge in [-0.15, -0.1) is 0 Å². The van der Waals surface area contributed by atoms with Crippen LogP contribution in [0.2, 0.25) is 0 Å². The summed E-state index contributed by atoms with van der Waals surface area (Å²) >= 11 is 0. The van der Waals surface area contributed by atoms with Crippen LogP contribution in [0.4, 0.5) is 10.7 Å². The second-order valence-electron chi connectivity index (χ2n) is 10.6. The fourth-order valence-electron chi connectivity index (χ4n) is 4.36. The quantitative estimate of drug-likeness (QED) is 0.240. The van der Waals surface area contributed by atoms with Gasteiger partial charge in [-0.2, -0.15) is 22.4 Å². The normalized spacial score (nSPS) is 19.9. The van der Waals surface area contributed by atoms with Gasteiger partial charge in [0.05, 0.1) is 26.1 Å². The molecular formula is C25H33N7O9S. The van der Waals surface area contributed by atoms with Gasteiger partial charge in [0.1, 0.15) is 24.0 Å². The van der Waals surface area contributed by atoms with Crippen molar-refractivity contribution in [3.05, 3.63) is 52.6 Å². The molecule has 4 rings (SSSR count). The van der Waals surface area contributed by atoms with Crippen LogP contribution in [-0.4, -0.2) is 86.9 Å². The molecular weight excluding hydrogens is 574 g/mol. The number of ether oxygens (including phenoxy) is 3. The van der Waals surface area contributed by atoms with Gasteiger partial charge in [0, 0.05) is 6.42 Å². The third kappa shape index (κ3) is 7.04. The molecule has 0 radical (unpaired) electrons. The standard InChI is InChI=1S/C25H33N7O9S/c1-25(2,3)41-24(36)32(42(37,38)30-15(22(35)39-4)10-14-8-6-5-7-9-14)12-17-16(33)11-18(40-17)31-13-27-19-20(31)28-23(26)29-21(19)34/h5-9,13,15-18,30,33H,10-12H2,1-4H3,(H3,26,28,29,34)/t15-,16-,17+,18+/m0/s1. The fourth-order valence-corrected chi connectivity index (χ4v) is 5.60. The molecule has 17 heteroatoms. The largest absolute Gasteiger partial charge is 0.468 e. The first-order chi connectivity index (χ1) is 19.7. The number of methoxy groups -OCH3 is 1. The third-order valence-electron chi connectivity index (χ3n) is 6.26. The number of nitrogens with zero attached hydrogens (tertiary/aromatic N) is 4. The number of aliphatic hydroxyl groups is 1. The molecule has 3 heterocycles. The summed E-state index contributed by atoms with van der Waals surface area (Å²) in [5.41, 5.74) is 4.72. The van der Waals surface area contributed by atoms with Gasteiger partial charge in [0.15, 0.2) is 11.2 Å². The number of imidazole rings is 1. The Morgan fingerprint density at radius 2 is 2.00 bits per heavy atom. The van der Waals surface area contributed by atoms with E-state index in [1.165, 1.54) is 10.9 Å². The summed E-state index contributed by atoms with van der Waals surface area (Å²) in [4.78, 5) is 48.3. The van der Waals surface area contributed by atoms with E-state index in [0.717, 1.165) is 7.11 Å². The molecule has 1 aliphatic rings. The maximum atomic E-state index is 13.6. The number of nitrogen functional groups attached to an aromatic ring is 1.